The SMILES string of the molecule is CC(C)(O)C(C)(C)O[B]c1cc(Cl)cc2oc3nc4ccccc4cc3c12. The first-order valence-electron chi connectivity index (χ1n) is 8.81. The van der Waals surface area contributed by atoms with Crippen molar-refractivity contribution in [1.82, 2.24) is 4.98 Å². The maximum Gasteiger partial charge on any atom is 0.331 e. The highest BCUT2D eigenvalue weighted by molar-refractivity contribution is 6.53. The molecule has 0 saturated carbocycles. The maximum atomic E-state index is 10.3. The summed E-state index contributed by atoms with van der Waals surface area (Å²) < 4.78 is 11.9. The Kier molecular flexibility index (Phi) is 4.22. The molecule has 0 saturated heterocycles. The van der Waals surface area contributed by atoms with Gasteiger partial charge in [0.25, 0.3) is 0 Å². The molecule has 0 unspecified atom stereocenters. The highest BCUT2D eigenvalue weighted by Crippen LogP contribution is 2.31. The van der Waals surface area contributed by atoms with E-state index in [1.807, 2.05) is 44.2 Å². The Morgan fingerprint density at radius 3 is 2.59 bits per heavy atom. The van der Waals surface area contributed by atoms with E-state index in [0.717, 1.165) is 27.1 Å². The number of para-hydroxylation sites is 1. The van der Waals surface area contributed by atoms with Crippen LogP contribution < -0.4 is 5.46 Å². The standard InChI is InChI=1S/C21H20BClNO3/c1-20(2,25)21(3,4)27-22-15-10-13(23)11-17-18(15)14-9-12-7-5-6-8-16(12)24-19(14)26-17/h5-11,25H,1-4H3. The zero-order valence-corrected chi connectivity index (χ0v) is 16.5. The minimum atomic E-state index is -1.02. The first-order chi connectivity index (χ1) is 12.7. The van der Waals surface area contributed by atoms with Crippen molar-refractivity contribution in [1.29, 1.82) is 0 Å². The van der Waals surface area contributed by atoms with Gasteiger partial charge in [0.05, 0.1) is 16.7 Å². The zero-order chi connectivity index (χ0) is 19.4. The van der Waals surface area contributed by atoms with E-state index in [9.17, 15) is 5.11 Å². The van der Waals surface area contributed by atoms with Crippen LogP contribution in [0.1, 0.15) is 27.7 Å². The molecule has 137 valence electrons. The summed E-state index contributed by atoms with van der Waals surface area (Å²) in [4.78, 5) is 4.63. The molecule has 0 aliphatic rings. The van der Waals surface area contributed by atoms with E-state index < -0.39 is 11.2 Å². The molecule has 0 atom stereocenters. The highest BCUT2D eigenvalue weighted by Gasteiger charge is 2.36. The van der Waals surface area contributed by atoms with Crippen LogP contribution in [0, 0.1) is 0 Å². The second-order valence-electron chi connectivity index (χ2n) is 7.81. The van der Waals surface area contributed by atoms with E-state index in [1.165, 1.54) is 0 Å². The van der Waals surface area contributed by atoms with Gasteiger partial charge in [-0.25, -0.2) is 4.98 Å². The Bertz CT molecular complexity index is 1160. The fourth-order valence-corrected chi connectivity index (χ4v) is 3.09. The molecule has 1 radical (unpaired) electrons. The lowest BCUT2D eigenvalue weighted by Crippen LogP contribution is -2.49. The molecule has 2 aromatic carbocycles. The van der Waals surface area contributed by atoms with Gasteiger partial charge in [-0.05, 0) is 51.4 Å². The van der Waals surface area contributed by atoms with E-state index >= 15 is 0 Å². The molecule has 0 amide bonds. The number of aliphatic hydroxyl groups is 1. The molecule has 4 nitrogen and oxygen atoms in total. The van der Waals surface area contributed by atoms with Crippen molar-refractivity contribution in [3.63, 3.8) is 0 Å². The van der Waals surface area contributed by atoms with E-state index in [4.69, 9.17) is 20.7 Å². The smallest absolute Gasteiger partial charge is 0.331 e. The van der Waals surface area contributed by atoms with Crippen molar-refractivity contribution in [2.45, 2.75) is 38.9 Å². The monoisotopic (exact) mass is 380 g/mol. The predicted molar refractivity (Wildman–Crippen MR) is 111 cm³/mol. The van der Waals surface area contributed by atoms with Gasteiger partial charge in [-0.2, -0.15) is 0 Å². The van der Waals surface area contributed by atoms with Crippen molar-refractivity contribution in [3.8, 4) is 0 Å². The predicted octanol–water partition coefficient (Wildman–Crippen LogP) is 4.60. The molecule has 1 N–H and O–H groups in total. The quantitative estimate of drug-likeness (QED) is 0.526. The molecule has 2 heterocycles. The Balaban J connectivity index is 1.88. The second kappa shape index (κ2) is 6.23. The number of fused-ring (bicyclic) bond motifs is 4. The number of aromatic nitrogens is 1. The third-order valence-electron chi connectivity index (χ3n) is 5.22. The number of halogens is 1. The molecule has 0 bridgehead atoms. The van der Waals surface area contributed by atoms with Gasteiger partial charge in [0.1, 0.15) is 5.58 Å². The molecule has 2 aromatic heterocycles. The van der Waals surface area contributed by atoms with Gasteiger partial charge < -0.3 is 14.2 Å². The molecule has 0 fully saturated rings. The van der Waals surface area contributed by atoms with Crippen molar-refractivity contribution in [2.75, 3.05) is 0 Å². The van der Waals surface area contributed by atoms with E-state index in [1.54, 1.807) is 27.4 Å². The lowest BCUT2D eigenvalue weighted by molar-refractivity contribution is -0.0893. The first-order valence-corrected chi connectivity index (χ1v) is 9.18. The minimum absolute atomic E-state index is 0.544. The summed E-state index contributed by atoms with van der Waals surface area (Å²) in [6.07, 6.45) is 0. The van der Waals surface area contributed by atoms with E-state index in [0.29, 0.717) is 16.3 Å². The Morgan fingerprint density at radius 2 is 1.85 bits per heavy atom. The number of nitrogens with zero attached hydrogens (tertiary/aromatic N) is 1. The normalized spacial score (nSPS) is 13.0. The summed E-state index contributed by atoms with van der Waals surface area (Å²) in [6, 6.07) is 13.6. The number of hydrogen-bond donors (Lipinski definition) is 1. The van der Waals surface area contributed by atoms with Crippen LogP contribution in [0.5, 0.6) is 0 Å². The average Bonchev–Trinajstić information content (AvgIpc) is 2.93. The lowest BCUT2D eigenvalue weighted by atomic mass is 9.80. The summed E-state index contributed by atoms with van der Waals surface area (Å²) in [6.45, 7) is 7.12. The van der Waals surface area contributed by atoms with Crippen molar-refractivity contribution in [2.24, 2.45) is 0 Å². The molecular weight excluding hydrogens is 361 g/mol. The lowest BCUT2D eigenvalue weighted by Gasteiger charge is -2.37. The maximum absolute atomic E-state index is 10.3. The molecule has 0 spiro atoms. The number of hydrogen-bond acceptors (Lipinski definition) is 4. The zero-order valence-electron chi connectivity index (χ0n) is 15.7. The van der Waals surface area contributed by atoms with E-state index in [-0.39, 0.29) is 0 Å². The first kappa shape index (κ1) is 18.3. The van der Waals surface area contributed by atoms with Crippen LogP contribution in [-0.2, 0) is 4.65 Å². The van der Waals surface area contributed by atoms with Crippen molar-refractivity contribution >= 4 is 57.5 Å². The number of pyridine rings is 1. The van der Waals surface area contributed by atoms with Crippen LogP contribution in [0.15, 0.2) is 46.9 Å². The Morgan fingerprint density at radius 1 is 1.11 bits per heavy atom. The summed E-state index contributed by atoms with van der Waals surface area (Å²) >= 11 is 6.29. The van der Waals surface area contributed by atoms with Gasteiger partial charge in [-0.15, -0.1) is 0 Å². The Labute approximate surface area is 163 Å². The fourth-order valence-electron chi connectivity index (χ4n) is 2.88. The highest BCUT2D eigenvalue weighted by atomic mass is 35.5. The largest absolute Gasteiger partial charge is 0.438 e. The van der Waals surface area contributed by atoms with Crippen LogP contribution in [0.3, 0.4) is 0 Å². The molecule has 0 aliphatic carbocycles. The summed E-state index contributed by atoms with van der Waals surface area (Å²) in [5.74, 6) is 0. The molecular formula is C21H20BClNO3. The summed E-state index contributed by atoms with van der Waals surface area (Å²) in [7, 11) is 1.64. The van der Waals surface area contributed by atoms with Gasteiger partial charge in [0, 0.05) is 27.2 Å². The summed E-state index contributed by atoms with van der Waals surface area (Å²) in [5, 5.41) is 13.7. The van der Waals surface area contributed by atoms with Crippen LogP contribution in [0.25, 0.3) is 33.0 Å². The van der Waals surface area contributed by atoms with Gasteiger partial charge in [-0.1, -0.05) is 29.8 Å². The van der Waals surface area contributed by atoms with Gasteiger partial charge in [-0.3, -0.25) is 0 Å². The third kappa shape index (κ3) is 3.20. The topological polar surface area (TPSA) is 55.5 Å². The minimum Gasteiger partial charge on any atom is -0.438 e. The molecule has 27 heavy (non-hydrogen) atoms. The summed E-state index contributed by atoms with van der Waals surface area (Å²) in [5.41, 5.74) is 1.06. The molecule has 6 heteroatoms. The van der Waals surface area contributed by atoms with Gasteiger partial charge in [0.2, 0.25) is 5.71 Å². The number of furan rings is 1. The second-order valence-corrected chi connectivity index (χ2v) is 8.25. The van der Waals surface area contributed by atoms with Crippen LogP contribution >= 0.6 is 11.6 Å². The van der Waals surface area contributed by atoms with Crippen molar-refractivity contribution < 1.29 is 14.2 Å². The third-order valence-corrected chi connectivity index (χ3v) is 5.43. The molecule has 4 rings (SSSR count). The fraction of sp³-hybridized carbons (Fsp3) is 0.286. The number of benzene rings is 2. The van der Waals surface area contributed by atoms with Crippen LogP contribution in [-0.4, -0.2) is 28.8 Å². The van der Waals surface area contributed by atoms with Crippen LogP contribution in [0.4, 0.5) is 0 Å². The van der Waals surface area contributed by atoms with Crippen LogP contribution in [0.2, 0.25) is 5.02 Å². The average molecular weight is 381 g/mol. The van der Waals surface area contributed by atoms with Gasteiger partial charge in [0.15, 0.2) is 0 Å². The molecule has 0 aliphatic heterocycles. The number of rotatable bonds is 4. The van der Waals surface area contributed by atoms with Crippen molar-refractivity contribution in [3.05, 3.63) is 47.5 Å². The Hall–Kier alpha value is -2.08. The van der Waals surface area contributed by atoms with E-state index in [2.05, 4.69) is 11.1 Å². The molecule has 4 aromatic rings. The van der Waals surface area contributed by atoms with Gasteiger partial charge >= 0.3 is 7.48 Å².